The van der Waals surface area contributed by atoms with Gasteiger partial charge in [-0.25, -0.2) is 0 Å². The lowest BCUT2D eigenvalue weighted by Gasteiger charge is -2.53. The van der Waals surface area contributed by atoms with Crippen molar-refractivity contribution in [1.82, 2.24) is 5.32 Å². The molecular weight excluding hydrogens is 294 g/mol. The number of hydrogen-bond donors (Lipinski definition) is 1. The molecule has 1 N–H and O–H groups in total. The molecule has 0 unspecified atom stereocenters. The molecule has 2 aromatic rings. The van der Waals surface area contributed by atoms with Crippen LogP contribution in [-0.2, 0) is 11.8 Å². The molecule has 0 saturated carbocycles. The first-order valence-electron chi connectivity index (χ1n) is 9.13. The minimum Gasteiger partial charge on any atom is -0.457 e. The van der Waals surface area contributed by atoms with Crippen LogP contribution in [0.5, 0.6) is 11.5 Å². The van der Waals surface area contributed by atoms with Gasteiger partial charge in [-0.1, -0.05) is 36.4 Å². The van der Waals surface area contributed by atoms with E-state index >= 15 is 0 Å². The van der Waals surface area contributed by atoms with Crippen LogP contribution in [0.4, 0.5) is 0 Å². The molecule has 0 aromatic heterocycles. The van der Waals surface area contributed by atoms with E-state index in [4.69, 9.17) is 4.74 Å². The van der Waals surface area contributed by atoms with Crippen LogP contribution in [-0.4, -0.2) is 12.6 Å². The Bertz CT molecular complexity index is 782. The normalized spacial score (nSPS) is 30.3. The third kappa shape index (κ3) is 2.13. The fourth-order valence-electron chi connectivity index (χ4n) is 5.12. The molecule has 2 bridgehead atoms. The first kappa shape index (κ1) is 14.3. The maximum absolute atomic E-state index is 6.12. The van der Waals surface area contributed by atoms with Gasteiger partial charge in [-0.15, -0.1) is 0 Å². The van der Waals surface area contributed by atoms with Crippen molar-refractivity contribution in [3.8, 4) is 11.5 Å². The summed E-state index contributed by atoms with van der Waals surface area (Å²) in [5, 5.41) is 3.77. The highest BCUT2D eigenvalue weighted by Crippen LogP contribution is 2.52. The molecule has 2 heteroatoms. The largest absolute Gasteiger partial charge is 0.457 e. The predicted octanol–water partition coefficient (Wildman–Crippen LogP) is 4.60. The van der Waals surface area contributed by atoms with E-state index in [1.807, 2.05) is 30.3 Å². The molecule has 1 aliphatic heterocycles. The van der Waals surface area contributed by atoms with E-state index < -0.39 is 0 Å². The number of para-hydroxylation sites is 1. The fraction of sp³-hybridized carbons (Fsp3) is 0.364. The van der Waals surface area contributed by atoms with E-state index in [0.717, 1.165) is 30.4 Å². The molecule has 1 fully saturated rings. The van der Waals surface area contributed by atoms with Crippen LogP contribution in [0.3, 0.4) is 0 Å². The Morgan fingerprint density at radius 3 is 2.88 bits per heavy atom. The van der Waals surface area contributed by atoms with Gasteiger partial charge in [0, 0.05) is 11.5 Å². The number of allylic oxidation sites excluding steroid dienone is 2. The first-order valence-corrected chi connectivity index (χ1v) is 9.13. The number of ether oxygens (including phenoxy) is 1. The summed E-state index contributed by atoms with van der Waals surface area (Å²) in [5.41, 5.74) is 3.22. The standard InChI is InChI=1S/C22H23NO/c1-2-6-17(7-3-1)24-18-10-9-16-14-21-19-8-4-5-11-22(19,12-13-23-21)20(16)15-18/h1-3,5-7,9-11,15,19,21,23H,4,8,12-14H2/t19-,21+,22+/m0/s1. The van der Waals surface area contributed by atoms with Crippen molar-refractivity contribution in [2.45, 2.75) is 37.1 Å². The molecule has 2 nitrogen and oxygen atoms in total. The van der Waals surface area contributed by atoms with Crippen LogP contribution in [0.1, 0.15) is 30.4 Å². The van der Waals surface area contributed by atoms with Gasteiger partial charge >= 0.3 is 0 Å². The first-order chi connectivity index (χ1) is 11.9. The lowest BCUT2D eigenvalue weighted by molar-refractivity contribution is 0.149. The van der Waals surface area contributed by atoms with E-state index in [1.54, 1.807) is 0 Å². The molecule has 5 rings (SSSR count). The summed E-state index contributed by atoms with van der Waals surface area (Å²) in [4.78, 5) is 0. The second-order valence-corrected chi connectivity index (χ2v) is 7.38. The summed E-state index contributed by atoms with van der Waals surface area (Å²) in [6, 6.07) is 17.4. The van der Waals surface area contributed by atoms with E-state index in [0.29, 0.717) is 6.04 Å². The summed E-state index contributed by atoms with van der Waals surface area (Å²) in [7, 11) is 0. The zero-order chi connectivity index (χ0) is 16.0. The van der Waals surface area contributed by atoms with E-state index in [2.05, 4.69) is 35.7 Å². The summed E-state index contributed by atoms with van der Waals surface area (Å²) < 4.78 is 6.12. The number of benzene rings is 2. The highest BCUT2D eigenvalue weighted by atomic mass is 16.5. The van der Waals surface area contributed by atoms with Crippen molar-refractivity contribution >= 4 is 0 Å². The second-order valence-electron chi connectivity index (χ2n) is 7.38. The lowest BCUT2D eigenvalue weighted by atomic mass is 9.55. The van der Waals surface area contributed by atoms with Gasteiger partial charge in [0.05, 0.1) is 0 Å². The molecule has 3 atom stereocenters. The van der Waals surface area contributed by atoms with E-state index in [9.17, 15) is 0 Å². The third-order valence-electron chi connectivity index (χ3n) is 6.15. The van der Waals surface area contributed by atoms with Crippen LogP contribution in [0.15, 0.2) is 60.7 Å². The van der Waals surface area contributed by atoms with E-state index in [-0.39, 0.29) is 5.41 Å². The minimum absolute atomic E-state index is 0.220. The van der Waals surface area contributed by atoms with Crippen molar-refractivity contribution in [2.24, 2.45) is 5.92 Å². The molecule has 24 heavy (non-hydrogen) atoms. The summed E-state index contributed by atoms with van der Waals surface area (Å²) in [6.07, 6.45) is 9.79. The fourth-order valence-corrected chi connectivity index (χ4v) is 5.12. The van der Waals surface area contributed by atoms with Crippen molar-refractivity contribution in [3.05, 3.63) is 71.8 Å². The van der Waals surface area contributed by atoms with Crippen molar-refractivity contribution < 1.29 is 4.74 Å². The van der Waals surface area contributed by atoms with Crippen LogP contribution >= 0.6 is 0 Å². The summed E-state index contributed by atoms with van der Waals surface area (Å²) >= 11 is 0. The number of fused-ring (bicyclic) bond motifs is 1. The Morgan fingerprint density at radius 2 is 1.96 bits per heavy atom. The summed E-state index contributed by atoms with van der Waals surface area (Å²) in [6.45, 7) is 1.12. The number of nitrogens with one attached hydrogen (secondary N) is 1. The summed E-state index contributed by atoms with van der Waals surface area (Å²) in [5.74, 6) is 2.60. The molecular formula is C22H23NO. The quantitative estimate of drug-likeness (QED) is 0.817. The highest BCUT2D eigenvalue weighted by molar-refractivity contribution is 5.49. The number of hydrogen-bond acceptors (Lipinski definition) is 2. The topological polar surface area (TPSA) is 21.3 Å². The molecule has 0 spiro atoms. The highest BCUT2D eigenvalue weighted by Gasteiger charge is 2.49. The van der Waals surface area contributed by atoms with Gasteiger partial charge in [0.15, 0.2) is 0 Å². The lowest BCUT2D eigenvalue weighted by Crippen LogP contribution is -2.58. The van der Waals surface area contributed by atoms with Crippen LogP contribution in [0.25, 0.3) is 0 Å². The van der Waals surface area contributed by atoms with Gasteiger partial charge in [-0.3, -0.25) is 0 Å². The van der Waals surface area contributed by atoms with Crippen molar-refractivity contribution in [1.29, 1.82) is 0 Å². The van der Waals surface area contributed by atoms with Gasteiger partial charge in [-0.2, -0.15) is 0 Å². The van der Waals surface area contributed by atoms with Crippen LogP contribution in [0, 0.1) is 5.92 Å². The van der Waals surface area contributed by atoms with Crippen molar-refractivity contribution in [2.75, 3.05) is 6.54 Å². The van der Waals surface area contributed by atoms with Gasteiger partial charge in [-0.05, 0) is 73.5 Å². The molecule has 2 aliphatic carbocycles. The maximum atomic E-state index is 6.12. The Labute approximate surface area is 143 Å². The van der Waals surface area contributed by atoms with Crippen LogP contribution in [0.2, 0.25) is 0 Å². The second kappa shape index (κ2) is 5.49. The van der Waals surface area contributed by atoms with Crippen LogP contribution < -0.4 is 10.1 Å². The predicted molar refractivity (Wildman–Crippen MR) is 96.6 cm³/mol. The monoisotopic (exact) mass is 317 g/mol. The number of piperidine rings is 1. The zero-order valence-corrected chi connectivity index (χ0v) is 13.9. The van der Waals surface area contributed by atoms with Gasteiger partial charge in [0.1, 0.15) is 11.5 Å². The Morgan fingerprint density at radius 1 is 1.04 bits per heavy atom. The Hall–Kier alpha value is -2.06. The molecule has 0 amide bonds. The van der Waals surface area contributed by atoms with E-state index in [1.165, 1.54) is 30.4 Å². The minimum atomic E-state index is 0.220. The molecule has 0 radical (unpaired) electrons. The third-order valence-corrected chi connectivity index (χ3v) is 6.15. The van der Waals surface area contributed by atoms with Gasteiger partial charge < -0.3 is 10.1 Å². The molecule has 1 saturated heterocycles. The molecule has 3 aliphatic rings. The average molecular weight is 317 g/mol. The maximum Gasteiger partial charge on any atom is 0.127 e. The number of rotatable bonds is 2. The zero-order valence-electron chi connectivity index (χ0n) is 13.9. The Balaban J connectivity index is 1.58. The van der Waals surface area contributed by atoms with Gasteiger partial charge in [0.2, 0.25) is 0 Å². The smallest absolute Gasteiger partial charge is 0.127 e. The Kier molecular flexibility index (Phi) is 3.27. The SMILES string of the molecule is C1=C[C@]23CCN[C@H](Cc4ccc(Oc5ccccc5)cc42)[C@@H]3CC1. The average Bonchev–Trinajstić information content (AvgIpc) is 2.63. The van der Waals surface area contributed by atoms with Crippen molar-refractivity contribution in [3.63, 3.8) is 0 Å². The molecule has 2 aromatic carbocycles. The molecule has 1 heterocycles. The molecule has 122 valence electrons. The van der Waals surface area contributed by atoms with Gasteiger partial charge in [0.25, 0.3) is 0 Å².